The number of nitrogens with zero attached hydrogens (tertiary/aromatic N) is 2. The Labute approximate surface area is 132 Å². The van der Waals surface area contributed by atoms with Crippen molar-refractivity contribution in [3.8, 4) is 16.9 Å². The molecule has 2 aromatic carbocycles. The Morgan fingerprint density at radius 2 is 2.00 bits per heavy atom. The van der Waals surface area contributed by atoms with Gasteiger partial charge in [0, 0.05) is 6.20 Å². The van der Waals surface area contributed by atoms with Crippen molar-refractivity contribution in [3.63, 3.8) is 0 Å². The second-order valence-corrected chi connectivity index (χ2v) is 5.33. The van der Waals surface area contributed by atoms with Gasteiger partial charge in [0.15, 0.2) is 11.6 Å². The maximum Gasteiger partial charge on any atom is 0.261 e. The largest absolute Gasteiger partial charge is 0.505 e. The quantitative estimate of drug-likeness (QED) is 0.808. The fraction of sp³-hybridized carbons (Fsp3) is 0.111. The zero-order chi connectivity index (χ0) is 16.4. The van der Waals surface area contributed by atoms with Crippen molar-refractivity contribution in [1.29, 1.82) is 0 Å². The average Bonchev–Trinajstić information content (AvgIpc) is 2.54. The van der Waals surface area contributed by atoms with Crippen molar-refractivity contribution < 1.29 is 9.50 Å². The predicted octanol–water partition coefficient (Wildman–Crippen LogP) is 3.11. The van der Waals surface area contributed by atoms with Gasteiger partial charge in [-0.15, -0.1) is 0 Å². The van der Waals surface area contributed by atoms with E-state index in [1.807, 2.05) is 31.2 Å². The number of phenolic OH excluding ortho intramolecular Hbond substituents is 1. The van der Waals surface area contributed by atoms with Gasteiger partial charge >= 0.3 is 0 Å². The van der Waals surface area contributed by atoms with Gasteiger partial charge in [-0.05, 0) is 35.7 Å². The number of halogens is 1. The summed E-state index contributed by atoms with van der Waals surface area (Å²) in [5.74, 6) is -1.21. The molecule has 0 aliphatic carbocycles. The van der Waals surface area contributed by atoms with Gasteiger partial charge in [0.05, 0.1) is 18.4 Å². The summed E-state index contributed by atoms with van der Waals surface area (Å²) in [6.07, 6.45) is 2.87. The van der Waals surface area contributed by atoms with Crippen LogP contribution < -0.4 is 5.56 Å². The van der Waals surface area contributed by atoms with Crippen LogP contribution in [-0.4, -0.2) is 14.7 Å². The summed E-state index contributed by atoms with van der Waals surface area (Å²) in [6, 6.07) is 11.6. The summed E-state index contributed by atoms with van der Waals surface area (Å²) < 4.78 is 15.0. The van der Waals surface area contributed by atoms with E-state index < -0.39 is 11.6 Å². The summed E-state index contributed by atoms with van der Waals surface area (Å²) in [5, 5.41) is 9.27. The number of hydrogen-bond acceptors (Lipinski definition) is 3. The Morgan fingerprint density at radius 1 is 1.22 bits per heavy atom. The van der Waals surface area contributed by atoms with E-state index in [4.69, 9.17) is 0 Å². The molecule has 1 heterocycles. The van der Waals surface area contributed by atoms with Gasteiger partial charge in [-0.3, -0.25) is 9.36 Å². The topological polar surface area (TPSA) is 55.1 Å². The van der Waals surface area contributed by atoms with Crippen molar-refractivity contribution in [1.82, 2.24) is 9.55 Å². The molecule has 0 amide bonds. The lowest BCUT2D eigenvalue weighted by Gasteiger charge is -2.10. The zero-order valence-electron chi connectivity index (χ0n) is 12.5. The maximum atomic E-state index is 13.5. The first-order valence-corrected chi connectivity index (χ1v) is 7.14. The molecule has 3 aromatic rings. The highest BCUT2D eigenvalue weighted by Gasteiger charge is 2.10. The summed E-state index contributed by atoms with van der Waals surface area (Å²) in [4.78, 5) is 16.7. The van der Waals surface area contributed by atoms with Crippen LogP contribution in [0.1, 0.15) is 11.1 Å². The van der Waals surface area contributed by atoms with Gasteiger partial charge in [-0.2, -0.15) is 0 Å². The fourth-order valence-electron chi connectivity index (χ4n) is 2.41. The Kier molecular flexibility index (Phi) is 3.93. The first-order valence-electron chi connectivity index (χ1n) is 7.14. The van der Waals surface area contributed by atoms with Gasteiger partial charge in [0.1, 0.15) is 0 Å². The Bertz CT molecular complexity index is 919. The van der Waals surface area contributed by atoms with Crippen molar-refractivity contribution in [2.75, 3.05) is 0 Å². The van der Waals surface area contributed by atoms with E-state index in [-0.39, 0.29) is 5.56 Å². The van der Waals surface area contributed by atoms with Crippen LogP contribution in [0.15, 0.2) is 59.8 Å². The van der Waals surface area contributed by atoms with Gasteiger partial charge in [-0.1, -0.05) is 30.3 Å². The minimum absolute atomic E-state index is 0.256. The molecular formula is C18H15FN2O2. The second-order valence-electron chi connectivity index (χ2n) is 5.33. The third kappa shape index (κ3) is 2.99. The van der Waals surface area contributed by atoms with Crippen LogP contribution in [0.3, 0.4) is 0 Å². The molecule has 0 radical (unpaired) electrons. The van der Waals surface area contributed by atoms with Crippen LogP contribution in [0.5, 0.6) is 5.75 Å². The predicted molar refractivity (Wildman–Crippen MR) is 85.8 cm³/mol. The SMILES string of the molecule is Cc1ccccc1Cn1cncc(-c2ccc(O)c(F)c2)c1=O. The lowest BCUT2D eigenvalue weighted by molar-refractivity contribution is 0.432. The molecule has 0 saturated heterocycles. The number of aromatic nitrogens is 2. The molecule has 5 heteroatoms. The summed E-state index contributed by atoms with van der Waals surface area (Å²) in [5.41, 5.74) is 2.52. The van der Waals surface area contributed by atoms with E-state index in [9.17, 15) is 14.3 Å². The molecule has 3 rings (SSSR count). The lowest BCUT2D eigenvalue weighted by atomic mass is 10.1. The molecule has 0 unspecified atom stereocenters. The molecule has 0 aliphatic rings. The van der Waals surface area contributed by atoms with Crippen molar-refractivity contribution in [2.45, 2.75) is 13.5 Å². The molecule has 23 heavy (non-hydrogen) atoms. The van der Waals surface area contributed by atoms with Gasteiger partial charge in [0.25, 0.3) is 5.56 Å². The maximum absolute atomic E-state index is 13.5. The minimum Gasteiger partial charge on any atom is -0.505 e. The molecule has 0 saturated carbocycles. The van der Waals surface area contributed by atoms with E-state index in [1.165, 1.54) is 29.2 Å². The fourth-order valence-corrected chi connectivity index (χ4v) is 2.41. The third-order valence-corrected chi connectivity index (χ3v) is 3.76. The van der Waals surface area contributed by atoms with Crippen LogP contribution in [0.25, 0.3) is 11.1 Å². The van der Waals surface area contributed by atoms with E-state index in [1.54, 1.807) is 0 Å². The number of aryl methyl sites for hydroxylation is 1. The molecule has 0 spiro atoms. The van der Waals surface area contributed by atoms with Crippen molar-refractivity contribution in [3.05, 3.63) is 82.3 Å². The van der Waals surface area contributed by atoms with Crippen LogP contribution in [-0.2, 0) is 6.54 Å². The van der Waals surface area contributed by atoms with Crippen molar-refractivity contribution in [2.24, 2.45) is 0 Å². The van der Waals surface area contributed by atoms with Crippen LogP contribution in [0.2, 0.25) is 0 Å². The highest BCUT2D eigenvalue weighted by Crippen LogP contribution is 2.22. The first kappa shape index (κ1) is 15.0. The van der Waals surface area contributed by atoms with Crippen LogP contribution >= 0.6 is 0 Å². The molecular weight excluding hydrogens is 295 g/mol. The summed E-state index contributed by atoms with van der Waals surface area (Å²) in [6.45, 7) is 2.37. The monoisotopic (exact) mass is 310 g/mol. The smallest absolute Gasteiger partial charge is 0.261 e. The number of phenols is 1. The molecule has 1 aromatic heterocycles. The van der Waals surface area contributed by atoms with Gasteiger partial charge in [0.2, 0.25) is 0 Å². The number of aromatic hydroxyl groups is 1. The van der Waals surface area contributed by atoms with Gasteiger partial charge in [-0.25, -0.2) is 9.37 Å². The molecule has 0 bridgehead atoms. The highest BCUT2D eigenvalue weighted by atomic mass is 19.1. The Hall–Kier alpha value is -2.95. The lowest BCUT2D eigenvalue weighted by Crippen LogP contribution is -2.22. The zero-order valence-corrected chi connectivity index (χ0v) is 12.5. The summed E-state index contributed by atoms with van der Waals surface area (Å²) >= 11 is 0. The first-order chi connectivity index (χ1) is 11.1. The van der Waals surface area contributed by atoms with Crippen molar-refractivity contribution >= 4 is 0 Å². The van der Waals surface area contributed by atoms with Crippen LogP contribution in [0.4, 0.5) is 4.39 Å². The normalized spacial score (nSPS) is 10.7. The molecule has 1 N–H and O–H groups in total. The van der Waals surface area contributed by atoms with E-state index in [2.05, 4.69) is 4.98 Å². The number of benzene rings is 2. The van der Waals surface area contributed by atoms with E-state index >= 15 is 0 Å². The van der Waals surface area contributed by atoms with E-state index in [0.29, 0.717) is 17.7 Å². The average molecular weight is 310 g/mol. The molecule has 0 atom stereocenters. The Morgan fingerprint density at radius 3 is 2.74 bits per heavy atom. The summed E-state index contributed by atoms with van der Waals surface area (Å²) in [7, 11) is 0. The molecule has 0 aliphatic heterocycles. The second kappa shape index (κ2) is 6.04. The number of hydrogen-bond donors (Lipinski definition) is 1. The molecule has 0 fully saturated rings. The Balaban J connectivity index is 2.03. The van der Waals surface area contributed by atoms with E-state index in [0.717, 1.165) is 17.2 Å². The van der Waals surface area contributed by atoms with Gasteiger partial charge < -0.3 is 5.11 Å². The molecule has 4 nitrogen and oxygen atoms in total. The van der Waals surface area contributed by atoms with Crippen LogP contribution in [0, 0.1) is 12.7 Å². The standard InChI is InChI=1S/C18H15FN2O2/c1-12-4-2-3-5-14(12)10-21-11-20-9-15(18(21)23)13-6-7-17(22)16(19)8-13/h2-9,11,22H,10H2,1H3. The third-order valence-electron chi connectivity index (χ3n) is 3.76. The minimum atomic E-state index is -0.767. The number of rotatable bonds is 3. The highest BCUT2D eigenvalue weighted by molar-refractivity contribution is 5.62. The molecule has 116 valence electrons.